The summed E-state index contributed by atoms with van der Waals surface area (Å²) < 4.78 is 3.47. The Kier molecular flexibility index (Phi) is 5.03. The van der Waals surface area contributed by atoms with Gasteiger partial charge < -0.3 is 10.6 Å². The van der Waals surface area contributed by atoms with Gasteiger partial charge in [0, 0.05) is 43.9 Å². The van der Waals surface area contributed by atoms with E-state index in [2.05, 4.69) is 30.7 Å². The SMILES string of the molecule is Cc1nc(NCCNC(=O)Cn2cccn2)cc(-n2ccnc2C)n1. The van der Waals surface area contributed by atoms with Crippen LogP contribution in [0.2, 0.25) is 0 Å². The number of rotatable bonds is 7. The van der Waals surface area contributed by atoms with Crippen molar-refractivity contribution in [1.29, 1.82) is 0 Å². The number of carbonyl (C=O) groups excluding carboxylic acids is 1. The molecule has 25 heavy (non-hydrogen) atoms. The predicted octanol–water partition coefficient (Wildman–Crippen LogP) is 0.704. The molecule has 0 saturated carbocycles. The zero-order valence-electron chi connectivity index (χ0n) is 14.2. The molecule has 0 spiro atoms. The van der Waals surface area contributed by atoms with Gasteiger partial charge in [0.05, 0.1) is 0 Å². The van der Waals surface area contributed by atoms with Crippen LogP contribution in [0.3, 0.4) is 0 Å². The molecule has 1 amide bonds. The summed E-state index contributed by atoms with van der Waals surface area (Å²) in [7, 11) is 0. The fraction of sp³-hybridized carbons (Fsp3) is 0.312. The molecule has 0 saturated heterocycles. The number of imidazole rings is 1. The van der Waals surface area contributed by atoms with Crippen LogP contribution in [0.15, 0.2) is 36.9 Å². The van der Waals surface area contributed by atoms with E-state index in [1.54, 1.807) is 29.3 Å². The number of nitrogens with one attached hydrogen (secondary N) is 2. The largest absolute Gasteiger partial charge is 0.368 e. The van der Waals surface area contributed by atoms with Crippen molar-refractivity contribution in [1.82, 2.24) is 34.6 Å². The fourth-order valence-electron chi connectivity index (χ4n) is 2.38. The van der Waals surface area contributed by atoms with Crippen LogP contribution in [-0.4, -0.2) is 48.3 Å². The van der Waals surface area contributed by atoms with E-state index in [9.17, 15) is 4.79 Å². The van der Waals surface area contributed by atoms with Gasteiger partial charge in [-0.1, -0.05) is 0 Å². The quantitative estimate of drug-likeness (QED) is 0.614. The maximum Gasteiger partial charge on any atom is 0.241 e. The lowest BCUT2D eigenvalue weighted by atomic mass is 10.4. The molecule has 3 aromatic heterocycles. The molecule has 9 nitrogen and oxygen atoms in total. The lowest BCUT2D eigenvalue weighted by Gasteiger charge is -2.10. The number of hydrogen-bond acceptors (Lipinski definition) is 6. The number of carbonyl (C=O) groups is 1. The van der Waals surface area contributed by atoms with E-state index in [0.717, 1.165) is 11.6 Å². The normalized spacial score (nSPS) is 10.6. The molecule has 3 rings (SSSR count). The molecule has 0 radical (unpaired) electrons. The summed E-state index contributed by atoms with van der Waals surface area (Å²) in [6.45, 7) is 5.02. The smallest absolute Gasteiger partial charge is 0.241 e. The molecule has 0 atom stereocenters. The van der Waals surface area contributed by atoms with Gasteiger partial charge in [-0.15, -0.1) is 0 Å². The van der Waals surface area contributed by atoms with Gasteiger partial charge >= 0.3 is 0 Å². The van der Waals surface area contributed by atoms with Crippen molar-refractivity contribution < 1.29 is 4.79 Å². The highest BCUT2D eigenvalue weighted by Gasteiger charge is 2.06. The molecule has 2 N–H and O–H groups in total. The molecule has 0 unspecified atom stereocenters. The Balaban J connectivity index is 1.52. The van der Waals surface area contributed by atoms with Gasteiger partial charge in [0.25, 0.3) is 0 Å². The Bertz CT molecular complexity index is 840. The lowest BCUT2D eigenvalue weighted by molar-refractivity contribution is -0.121. The summed E-state index contributed by atoms with van der Waals surface area (Å²) in [5, 5.41) is 10.0. The first kappa shape index (κ1) is 16.6. The number of amides is 1. The minimum Gasteiger partial charge on any atom is -0.368 e. The Hall–Kier alpha value is -3.23. The first-order valence-corrected chi connectivity index (χ1v) is 7.96. The second kappa shape index (κ2) is 7.56. The highest BCUT2D eigenvalue weighted by molar-refractivity contribution is 5.75. The van der Waals surface area contributed by atoms with E-state index >= 15 is 0 Å². The first-order chi connectivity index (χ1) is 12.1. The third kappa shape index (κ3) is 4.40. The molecule has 0 aliphatic rings. The lowest BCUT2D eigenvalue weighted by Crippen LogP contribution is -2.31. The Morgan fingerprint density at radius 1 is 1.16 bits per heavy atom. The van der Waals surface area contributed by atoms with Gasteiger partial charge in [-0.25, -0.2) is 15.0 Å². The van der Waals surface area contributed by atoms with Crippen LogP contribution in [0.5, 0.6) is 0 Å². The standard InChI is InChI=1S/C16H20N8O/c1-12-21-14(10-15(22-12)24-9-7-17-13(24)2)18-5-6-19-16(25)11-23-8-3-4-20-23/h3-4,7-10H,5-6,11H2,1-2H3,(H,19,25)(H,18,21,22). The van der Waals surface area contributed by atoms with Crippen LogP contribution in [0.4, 0.5) is 5.82 Å². The summed E-state index contributed by atoms with van der Waals surface area (Å²) in [5.41, 5.74) is 0. The van der Waals surface area contributed by atoms with E-state index in [1.165, 1.54) is 0 Å². The summed E-state index contributed by atoms with van der Waals surface area (Å²) in [6.07, 6.45) is 6.98. The third-order valence-corrected chi connectivity index (χ3v) is 3.52. The number of aryl methyl sites for hydroxylation is 2. The second-order valence-corrected chi connectivity index (χ2v) is 5.48. The van der Waals surface area contributed by atoms with Crippen LogP contribution >= 0.6 is 0 Å². The van der Waals surface area contributed by atoms with Gasteiger partial charge in [0.15, 0.2) is 0 Å². The second-order valence-electron chi connectivity index (χ2n) is 5.48. The maximum atomic E-state index is 11.8. The Labute approximate surface area is 145 Å². The molecule has 0 bridgehead atoms. The van der Waals surface area contributed by atoms with Crippen molar-refractivity contribution in [2.75, 3.05) is 18.4 Å². The average molecular weight is 340 g/mol. The van der Waals surface area contributed by atoms with Gasteiger partial charge in [-0.2, -0.15) is 5.10 Å². The minimum absolute atomic E-state index is 0.0842. The van der Waals surface area contributed by atoms with E-state index < -0.39 is 0 Å². The molecule has 0 aliphatic heterocycles. The topological polar surface area (TPSA) is 103 Å². The third-order valence-electron chi connectivity index (χ3n) is 3.52. The fourth-order valence-corrected chi connectivity index (χ4v) is 2.38. The maximum absolute atomic E-state index is 11.8. The number of hydrogen-bond donors (Lipinski definition) is 2. The van der Waals surface area contributed by atoms with Gasteiger partial charge in [0.2, 0.25) is 5.91 Å². The van der Waals surface area contributed by atoms with Crippen molar-refractivity contribution in [2.45, 2.75) is 20.4 Å². The number of nitrogens with zero attached hydrogens (tertiary/aromatic N) is 6. The van der Waals surface area contributed by atoms with E-state index in [4.69, 9.17) is 0 Å². The Morgan fingerprint density at radius 3 is 2.76 bits per heavy atom. The van der Waals surface area contributed by atoms with Gasteiger partial charge in [-0.05, 0) is 19.9 Å². The molecular formula is C16H20N8O. The van der Waals surface area contributed by atoms with Crippen LogP contribution in [-0.2, 0) is 11.3 Å². The minimum atomic E-state index is -0.0842. The number of aromatic nitrogens is 6. The average Bonchev–Trinajstić information content (AvgIpc) is 3.22. The van der Waals surface area contributed by atoms with Crippen molar-refractivity contribution >= 4 is 11.7 Å². The van der Waals surface area contributed by atoms with Crippen molar-refractivity contribution in [3.63, 3.8) is 0 Å². The van der Waals surface area contributed by atoms with Crippen molar-refractivity contribution in [2.24, 2.45) is 0 Å². The van der Waals surface area contributed by atoms with Crippen LogP contribution in [0.25, 0.3) is 5.82 Å². The monoisotopic (exact) mass is 340 g/mol. The predicted molar refractivity (Wildman–Crippen MR) is 92.4 cm³/mol. The highest BCUT2D eigenvalue weighted by atomic mass is 16.2. The molecule has 3 heterocycles. The summed E-state index contributed by atoms with van der Waals surface area (Å²) in [5.74, 6) is 2.90. The van der Waals surface area contributed by atoms with Gasteiger partial charge in [-0.3, -0.25) is 14.0 Å². The van der Waals surface area contributed by atoms with E-state index in [-0.39, 0.29) is 12.5 Å². The molecule has 0 aliphatic carbocycles. The summed E-state index contributed by atoms with van der Waals surface area (Å²) in [4.78, 5) is 24.8. The molecule has 9 heteroatoms. The zero-order chi connectivity index (χ0) is 17.6. The zero-order valence-corrected chi connectivity index (χ0v) is 14.2. The van der Waals surface area contributed by atoms with Crippen LogP contribution in [0.1, 0.15) is 11.6 Å². The number of anilines is 1. The summed E-state index contributed by atoms with van der Waals surface area (Å²) >= 11 is 0. The van der Waals surface area contributed by atoms with E-state index in [1.807, 2.05) is 30.7 Å². The van der Waals surface area contributed by atoms with E-state index in [0.29, 0.717) is 24.7 Å². The van der Waals surface area contributed by atoms with Crippen LogP contribution < -0.4 is 10.6 Å². The molecular weight excluding hydrogens is 320 g/mol. The van der Waals surface area contributed by atoms with Gasteiger partial charge in [0.1, 0.15) is 29.8 Å². The van der Waals surface area contributed by atoms with Crippen molar-refractivity contribution in [3.05, 3.63) is 48.6 Å². The molecule has 3 aromatic rings. The summed E-state index contributed by atoms with van der Waals surface area (Å²) in [6, 6.07) is 3.64. The first-order valence-electron chi connectivity index (χ1n) is 7.96. The van der Waals surface area contributed by atoms with Crippen LogP contribution in [0, 0.1) is 13.8 Å². The Morgan fingerprint density at radius 2 is 2.04 bits per heavy atom. The molecule has 0 fully saturated rings. The molecule has 130 valence electrons. The van der Waals surface area contributed by atoms with Crippen molar-refractivity contribution in [3.8, 4) is 5.82 Å². The highest BCUT2D eigenvalue weighted by Crippen LogP contribution is 2.12. The molecule has 0 aromatic carbocycles.